The molecule has 0 atom stereocenters. The van der Waals surface area contributed by atoms with E-state index in [4.69, 9.17) is 4.74 Å². The monoisotopic (exact) mass is 194 g/mol. The minimum absolute atomic E-state index is 0.215. The Bertz CT molecular complexity index is 365. The molecule has 0 bridgehead atoms. The van der Waals surface area contributed by atoms with Crippen molar-refractivity contribution in [2.75, 3.05) is 0 Å². The average molecular weight is 194 g/mol. The first-order valence-corrected chi connectivity index (χ1v) is 4.20. The molecular formula is C11H11FO2. The molecule has 0 unspecified atom stereocenters. The maximum Gasteiger partial charge on any atom is 0.336 e. The summed E-state index contributed by atoms with van der Waals surface area (Å²) in [5.74, 6) is -0.699. The Hall–Kier alpha value is -1.64. The standard InChI is InChI=1S/C11H11FO2/c1-8(2)6-11(13)14-10-5-3-4-9(12)7-10/h3-7H,1-2H3. The summed E-state index contributed by atoms with van der Waals surface area (Å²) in [6.07, 6.45) is 1.35. The number of benzene rings is 1. The molecule has 0 spiro atoms. The third-order valence-corrected chi connectivity index (χ3v) is 1.42. The number of hydrogen-bond acceptors (Lipinski definition) is 2. The van der Waals surface area contributed by atoms with E-state index in [0.29, 0.717) is 0 Å². The van der Waals surface area contributed by atoms with E-state index in [1.807, 2.05) is 0 Å². The number of allylic oxidation sites excluding steroid dienone is 1. The maximum atomic E-state index is 12.7. The van der Waals surface area contributed by atoms with Crippen LogP contribution < -0.4 is 4.74 Å². The Kier molecular flexibility index (Phi) is 3.40. The molecule has 74 valence electrons. The minimum Gasteiger partial charge on any atom is -0.423 e. The van der Waals surface area contributed by atoms with Crippen LogP contribution in [0.5, 0.6) is 5.75 Å². The van der Waals surface area contributed by atoms with Crippen molar-refractivity contribution in [1.29, 1.82) is 0 Å². The largest absolute Gasteiger partial charge is 0.423 e. The third kappa shape index (κ3) is 3.39. The van der Waals surface area contributed by atoms with Crippen LogP contribution in [0.3, 0.4) is 0 Å². The zero-order valence-electron chi connectivity index (χ0n) is 8.08. The van der Waals surface area contributed by atoms with E-state index in [9.17, 15) is 9.18 Å². The molecule has 0 aliphatic rings. The third-order valence-electron chi connectivity index (χ3n) is 1.42. The zero-order chi connectivity index (χ0) is 10.6. The van der Waals surface area contributed by atoms with E-state index in [-0.39, 0.29) is 5.75 Å². The summed E-state index contributed by atoms with van der Waals surface area (Å²) < 4.78 is 17.5. The first-order valence-electron chi connectivity index (χ1n) is 4.20. The SMILES string of the molecule is CC(C)=CC(=O)Oc1cccc(F)c1. The lowest BCUT2D eigenvalue weighted by atomic mass is 10.3. The van der Waals surface area contributed by atoms with Gasteiger partial charge < -0.3 is 4.74 Å². The van der Waals surface area contributed by atoms with E-state index in [1.54, 1.807) is 13.8 Å². The van der Waals surface area contributed by atoms with Crippen LogP contribution in [-0.2, 0) is 4.79 Å². The van der Waals surface area contributed by atoms with Crippen LogP contribution in [0.1, 0.15) is 13.8 Å². The first kappa shape index (κ1) is 10.4. The van der Waals surface area contributed by atoms with Crippen LogP contribution >= 0.6 is 0 Å². The molecule has 0 aliphatic carbocycles. The number of esters is 1. The second-order valence-electron chi connectivity index (χ2n) is 3.10. The minimum atomic E-state index is -0.490. The molecule has 2 nitrogen and oxygen atoms in total. The smallest absolute Gasteiger partial charge is 0.336 e. The van der Waals surface area contributed by atoms with Gasteiger partial charge in [0, 0.05) is 12.1 Å². The highest BCUT2D eigenvalue weighted by Gasteiger charge is 2.01. The second kappa shape index (κ2) is 4.56. The Labute approximate surface area is 82.0 Å². The molecule has 1 aromatic carbocycles. The van der Waals surface area contributed by atoms with Gasteiger partial charge in [-0.05, 0) is 26.0 Å². The van der Waals surface area contributed by atoms with Crippen molar-refractivity contribution < 1.29 is 13.9 Å². The van der Waals surface area contributed by atoms with Crippen molar-refractivity contribution in [3.63, 3.8) is 0 Å². The van der Waals surface area contributed by atoms with E-state index in [1.165, 1.54) is 24.3 Å². The van der Waals surface area contributed by atoms with Crippen molar-refractivity contribution >= 4 is 5.97 Å². The summed E-state index contributed by atoms with van der Waals surface area (Å²) in [5, 5.41) is 0. The molecule has 0 fully saturated rings. The summed E-state index contributed by atoms with van der Waals surface area (Å²) in [4.78, 5) is 11.1. The van der Waals surface area contributed by atoms with E-state index >= 15 is 0 Å². The van der Waals surface area contributed by atoms with Crippen LogP contribution in [0, 0.1) is 5.82 Å². The predicted molar refractivity (Wildman–Crippen MR) is 51.5 cm³/mol. The molecule has 0 heterocycles. The Morgan fingerprint density at radius 3 is 2.71 bits per heavy atom. The number of carbonyl (C=O) groups is 1. The van der Waals surface area contributed by atoms with Gasteiger partial charge >= 0.3 is 5.97 Å². The van der Waals surface area contributed by atoms with Crippen molar-refractivity contribution in [3.8, 4) is 5.75 Å². The van der Waals surface area contributed by atoms with E-state index in [2.05, 4.69) is 0 Å². The van der Waals surface area contributed by atoms with E-state index in [0.717, 1.165) is 11.6 Å². The highest BCUT2D eigenvalue weighted by molar-refractivity contribution is 5.84. The lowest BCUT2D eigenvalue weighted by Gasteiger charge is -2.00. The molecule has 0 N–H and O–H groups in total. The second-order valence-corrected chi connectivity index (χ2v) is 3.10. The van der Waals surface area contributed by atoms with E-state index < -0.39 is 11.8 Å². The molecule has 0 radical (unpaired) electrons. The highest BCUT2D eigenvalue weighted by Crippen LogP contribution is 2.12. The number of ether oxygens (including phenoxy) is 1. The summed E-state index contributed by atoms with van der Waals surface area (Å²) in [5.41, 5.74) is 0.839. The van der Waals surface area contributed by atoms with Gasteiger partial charge in [-0.15, -0.1) is 0 Å². The summed E-state index contributed by atoms with van der Waals surface area (Å²) in [6.45, 7) is 3.57. The van der Waals surface area contributed by atoms with Gasteiger partial charge in [0.1, 0.15) is 11.6 Å². The van der Waals surface area contributed by atoms with Crippen molar-refractivity contribution in [2.45, 2.75) is 13.8 Å². The van der Waals surface area contributed by atoms with Crippen LogP contribution in [0.2, 0.25) is 0 Å². The fourth-order valence-corrected chi connectivity index (χ4v) is 0.912. The van der Waals surface area contributed by atoms with Crippen molar-refractivity contribution in [2.24, 2.45) is 0 Å². The zero-order valence-corrected chi connectivity index (χ0v) is 8.08. The maximum absolute atomic E-state index is 12.7. The molecule has 0 aromatic heterocycles. The molecule has 3 heteroatoms. The predicted octanol–water partition coefficient (Wildman–Crippen LogP) is 2.70. The number of rotatable bonds is 2. The van der Waals surface area contributed by atoms with Gasteiger partial charge in [-0.1, -0.05) is 11.6 Å². The molecular weight excluding hydrogens is 183 g/mol. The Morgan fingerprint density at radius 2 is 2.14 bits per heavy atom. The number of carbonyl (C=O) groups excluding carboxylic acids is 1. The normalized spacial score (nSPS) is 9.36. The quantitative estimate of drug-likeness (QED) is 0.411. The van der Waals surface area contributed by atoms with Crippen LogP contribution in [0.15, 0.2) is 35.9 Å². The lowest BCUT2D eigenvalue weighted by molar-refractivity contribution is -0.129. The highest BCUT2D eigenvalue weighted by atomic mass is 19.1. The van der Waals surface area contributed by atoms with Gasteiger partial charge in [0.15, 0.2) is 0 Å². The summed E-state index contributed by atoms with van der Waals surface area (Å²) in [7, 11) is 0. The van der Waals surface area contributed by atoms with Gasteiger partial charge in [-0.2, -0.15) is 0 Å². The lowest BCUT2D eigenvalue weighted by Crippen LogP contribution is -2.04. The van der Waals surface area contributed by atoms with Crippen LogP contribution in [0.25, 0.3) is 0 Å². The molecule has 0 aliphatic heterocycles. The topological polar surface area (TPSA) is 26.3 Å². The van der Waals surface area contributed by atoms with Gasteiger partial charge in [-0.3, -0.25) is 0 Å². The van der Waals surface area contributed by atoms with Crippen LogP contribution in [-0.4, -0.2) is 5.97 Å². The average Bonchev–Trinajstić information content (AvgIpc) is 2.01. The van der Waals surface area contributed by atoms with Crippen molar-refractivity contribution in [1.82, 2.24) is 0 Å². The number of halogens is 1. The fourth-order valence-electron chi connectivity index (χ4n) is 0.912. The van der Waals surface area contributed by atoms with Gasteiger partial charge in [0.25, 0.3) is 0 Å². The van der Waals surface area contributed by atoms with Gasteiger partial charge in [-0.25, -0.2) is 9.18 Å². The first-order chi connectivity index (χ1) is 6.58. The number of hydrogen-bond donors (Lipinski definition) is 0. The molecule has 1 aromatic rings. The van der Waals surface area contributed by atoms with Gasteiger partial charge in [0.05, 0.1) is 0 Å². The van der Waals surface area contributed by atoms with Crippen LogP contribution in [0.4, 0.5) is 4.39 Å². The molecule has 14 heavy (non-hydrogen) atoms. The Balaban J connectivity index is 2.70. The molecule has 1 rings (SSSR count). The molecule has 0 saturated carbocycles. The summed E-state index contributed by atoms with van der Waals surface area (Å²) in [6, 6.07) is 5.47. The Morgan fingerprint density at radius 1 is 1.43 bits per heavy atom. The van der Waals surface area contributed by atoms with Crippen molar-refractivity contribution in [3.05, 3.63) is 41.7 Å². The summed E-state index contributed by atoms with van der Waals surface area (Å²) >= 11 is 0. The fraction of sp³-hybridized carbons (Fsp3) is 0.182. The molecule has 0 amide bonds. The molecule has 0 saturated heterocycles. The van der Waals surface area contributed by atoms with Gasteiger partial charge in [0.2, 0.25) is 0 Å².